The highest BCUT2D eigenvalue weighted by atomic mass is 16.5. The summed E-state index contributed by atoms with van der Waals surface area (Å²) in [6.45, 7) is 0.243. The lowest BCUT2D eigenvalue weighted by Gasteiger charge is -2.01. The van der Waals surface area contributed by atoms with Crippen LogP contribution in [0.4, 0.5) is 0 Å². The first-order chi connectivity index (χ1) is 14.7. The van der Waals surface area contributed by atoms with Gasteiger partial charge in [0, 0.05) is 36.4 Å². The minimum Gasteiger partial charge on any atom is -0.497 e. The van der Waals surface area contributed by atoms with Crippen LogP contribution in [0.5, 0.6) is 5.75 Å². The van der Waals surface area contributed by atoms with Gasteiger partial charge in [-0.25, -0.2) is 4.98 Å². The number of nitrogens with one attached hydrogen (secondary N) is 2. The summed E-state index contributed by atoms with van der Waals surface area (Å²) in [5, 5.41) is 13.7. The molecule has 0 unspecified atom stereocenters. The monoisotopic (exact) mass is 405 g/mol. The number of nitrogens with zero attached hydrogens (tertiary/aromatic N) is 5. The molecule has 1 aromatic carbocycles. The molecule has 0 saturated heterocycles. The lowest BCUT2D eigenvalue weighted by atomic mass is 10.2. The van der Waals surface area contributed by atoms with Gasteiger partial charge in [-0.2, -0.15) is 10.1 Å². The highest BCUT2D eigenvalue weighted by Gasteiger charge is 2.12. The first-order valence-electron chi connectivity index (χ1n) is 9.26. The fourth-order valence-electron chi connectivity index (χ4n) is 2.70. The zero-order chi connectivity index (χ0) is 20.8. The van der Waals surface area contributed by atoms with E-state index in [0.717, 1.165) is 16.9 Å². The van der Waals surface area contributed by atoms with Gasteiger partial charge in [-0.15, -0.1) is 0 Å². The molecule has 4 rings (SSSR count). The van der Waals surface area contributed by atoms with Crippen LogP contribution in [-0.2, 0) is 17.8 Å². The lowest BCUT2D eigenvalue weighted by molar-refractivity contribution is -0.121. The highest BCUT2D eigenvalue weighted by molar-refractivity contribution is 5.75. The Bertz CT molecular complexity index is 1110. The summed E-state index contributed by atoms with van der Waals surface area (Å²) in [5.41, 5.74) is 1.61. The second kappa shape index (κ2) is 8.95. The second-order valence-corrected chi connectivity index (χ2v) is 6.36. The maximum Gasteiger partial charge on any atom is 0.227 e. The summed E-state index contributed by atoms with van der Waals surface area (Å²) < 4.78 is 10.3. The van der Waals surface area contributed by atoms with E-state index >= 15 is 0 Å². The second-order valence-electron chi connectivity index (χ2n) is 6.36. The van der Waals surface area contributed by atoms with Gasteiger partial charge in [0.1, 0.15) is 11.6 Å². The molecule has 152 valence electrons. The van der Waals surface area contributed by atoms with Crippen LogP contribution >= 0.6 is 0 Å². The summed E-state index contributed by atoms with van der Waals surface area (Å²) in [7, 11) is 1.61. The Hall–Kier alpha value is -4.08. The highest BCUT2D eigenvalue weighted by Crippen LogP contribution is 2.19. The fourth-order valence-corrected chi connectivity index (χ4v) is 2.70. The molecule has 2 N–H and O–H groups in total. The number of carbonyl (C=O) groups is 1. The molecule has 0 aliphatic carbocycles. The Morgan fingerprint density at radius 3 is 2.77 bits per heavy atom. The number of carbonyl (C=O) groups excluding carboxylic acids is 1. The maximum absolute atomic E-state index is 12.1. The zero-order valence-electron chi connectivity index (χ0n) is 16.2. The Labute approximate surface area is 171 Å². The van der Waals surface area contributed by atoms with E-state index < -0.39 is 0 Å². The largest absolute Gasteiger partial charge is 0.497 e. The van der Waals surface area contributed by atoms with Gasteiger partial charge in [0.15, 0.2) is 5.82 Å². The molecule has 10 heteroatoms. The Morgan fingerprint density at radius 2 is 2.00 bits per heavy atom. The molecule has 0 aliphatic heterocycles. The molecule has 0 bridgehead atoms. The van der Waals surface area contributed by atoms with Gasteiger partial charge in [0.05, 0.1) is 13.7 Å². The van der Waals surface area contributed by atoms with Crippen LogP contribution < -0.4 is 10.1 Å². The number of benzene rings is 1. The van der Waals surface area contributed by atoms with Gasteiger partial charge in [0.25, 0.3) is 0 Å². The van der Waals surface area contributed by atoms with Crippen molar-refractivity contribution in [2.75, 3.05) is 7.11 Å². The Kier molecular flexibility index (Phi) is 5.74. The topological polar surface area (TPSA) is 132 Å². The van der Waals surface area contributed by atoms with E-state index in [-0.39, 0.29) is 18.9 Å². The van der Waals surface area contributed by atoms with Crippen LogP contribution in [0.2, 0.25) is 0 Å². The number of rotatable bonds is 8. The first-order valence-corrected chi connectivity index (χ1v) is 9.26. The van der Waals surface area contributed by atoms with E-state index in [9.17, 15) is 4.79 Å². The van der Waals surface area contributed by atoms with Crippen LogP contribution in [0.3, 0.4) is 0 Å². The predicted molar refractivity (Wildman–Crippen MR) is 106 cm³/mol. The molecule has 0 aliphatic rings. The van der Waals surface area contributed by atoms with Crippen LogP contribution in [0.15, 0.2) is 53.3 Å². The smallest absolute Gasteiger partial charge is 0.227 e. The van der Waals surface area contributed by atoms with Crippen LogP contribution in [-0.4, -0.2) is 43.3 Å². The first kappa shape index (κ1) is 19.2. The number of methoxy groups -OCH3 is 1. The SMILES string of the molecule is COc1ccc(-c2n[nH]c(CNC(=O)CCc3nc(-c4cccnc4)no3)n2)cc1. The summed E-state index contributed by atoms with van der Waals surface area (Å²) in [6, 6.07) is 11.0. The maximum atomic E-state index is 12.1. The third-order valence-electron chi connectivity index (χ3n) is 4.29. The van der Waals surface area contributed by atoms with Crippen molar-refractivity contribution in [1.82, 2.24) is 35.6 Å². The van der Waals surface area contributed by atoms with Gasteiger partial charge in [-0.05, 0) is 36.4 Å². The number of H-pyrrole nitrogens is 1. The van der Waals surface area contributed by atoms with Crippen molar-refractivity contribution in [2.45, 2.75) is 19.4 Å². The summed E-state index contributed by atoms with van der Waals surface area (Å²) >= 11 is 0. The van der Waals surface area contributed by atoms with Crippen molar-refractivity contribution in [2.24, 2.45) is 0 Å². The summed E-state index contributed by atoms with van der Waals surface area (Å²) in [5.74, 6) is 2.56. The van der Waals surface area contributed by atoms with Crippen LogP contribution in [0.1, 0.15) is 18.1 Å². The van der Waals surface area contributed by atoms with Gasteiger partial charge in [-0.1, -0.05) is 5.16 Å². The minimum atomic E-state index is -0.154. The van der Waals surface area contributed by atoms with Gasteiger partial charge < -0.3 is 14.6 Å². The van der Waals surface area contributed by atoms with E-state index in [1.807, 2.05) is 30.3 Å². The summed E-state index contributed by atoms with van der Waals surface area (Å²) in [6.07, 6.45) is 3.88. The minimum absolute atomic E-state index is 0.154. The van der Waals surface area contributed by atoms with Crippen molar-refractivity contribution in [1.29, 1.82) is 0 Å². The normalized spacial score (nSPS) is 10.7. The Morgan fingerprint density at radius 1 is 1.13 bits per heavy atom. The van der Waals surface area contributed by atoms with E-state index in [1.54, 1.807) is 25.6 Å². The predicted octanol–water partition coefficient (Wildman–Crippen LogP) is 2.17. The van der Waals surface area contributed by atoms with E-state index in [1.165, 1.54) is 0 Å². The van der Waals surface area contributed by atoms with Crippen LogP contribution in [0.25, 0.3) is 22.8 Å². The molecule has 0 radical (unpaired) electrons. The molecule has 0 fully saturated rings. The number of aryl methyl sites for hydroxylation is 1. The average Bonchev–Trinajstić information content (AvgIpc) is 3.47. The van der Waals surface area contributed by atoms with E-state index in [0.29, 0.717) is 29.8 Å². The standard InChI is InChI=1S/C20H19N7O3/c1-29-15-6-4-13(5-7-15)19-23-16(25-26-19)12-22-17(28)8-9-18-24-20(27-30-18)14-3-2-10-21-11-14/h2-7,10-11H,8-9,12H2,1H3,(H,22,28)(H,23,25,26). The van der Waals surface area contributed by atoms with E-state index in [2.05, 4.69) is 35.6 Å². The number of hydrogen-bond donors (Lipinski definition) is 2. The zero-order valence-corrected chi connectivity index (χ0v) is 16.2. The van der Waals surface area contributed by atoms with Gasteiger partial charge in [-0.3, -0.25) is 14.9 Å². The molecule has 30 heavy (non-hydrogen) atoms. The molecular formula is C20H19N7O3. The van der Waals surface area contributed by atoms with Crippen molar-refractivity contribution in [3.8, 4) is 28.5 Å². The molecule has 1 amide bonds. The van der Waals surface area contributed by atoms with Gasteiger partial charge in [0.2, 0.25) is 17.6 Å². The van der Waals surface area contributed by atoms with E-state index in [4.69, 9.17) is 9.26 Å². The number of aromatic nitrogens is 6. The molecule has 4 aromatic rings. The average molecular weight is 405 g/mol. The quantitative estimate of drug-likeness (QED) is 0.456. The van der Waals surface area contributed by atoms with Crippen LogP contribution in [0, 0.1) is 0 Å². The van der Waals surface area contributed by atoms with Crippen molar-refractivity contribution < 1.29 is 14.1 Å². The third kappa shape index (κ3) is 4.66. The molecule has 10 nitrogen and oxygen atoms in total. The van der Waals surface area contributed by atoms with Crippen molar-refractivity contribution >= 4 is 5.91 Å². The number of hydrogen-bond acceptors (Lipinski definition) is 8. The number of aromatic amines is 1. The fraction of sp³-hybridized carbons (Fsp3) is 0.200. The summed E-state index contributed by atoms with van der Waals surface area (Å²) in [4.78, 5) is 24.8. The number of ether oxygens (including phenoxy) is 1. The molecule has 3 aromatic heterocycles. The molecule has 0 saturated carbocycles. The Balaban J connectivity index is 1.26. The molecule has 3 heterocycles. The van der Waals surface area contributed by atoms with Gasteiger partial charge >= 0.3 is 0 Å². The number of pyridine rings is 1. The third-order valence-corrected chi connectivity index (χ3v) is 4.29. The molecule has 0 atom stereocenters. The lowest BCUT2D eigenvalue weighted by Crippen LogP contribution is -2.23. The van der Waals surface area contributed by atoms with Crippen molar-refractivity contribution in [3.05, 3.63) is 60.5 Å². The molecular weight excluding hydrogens is 386 g/mol. The number of amides is 1. The molecule has 0 spiro atoms. The van der Waals surface area contributed by atoms with Crippen molar-refractivity contribution in [3.63, 3.8) is 0 Å².